The number of ether oxygens (including phenoxy) is 1. The highest BCUT2D eigenvalue weighted by Crippen LogP contribution is 2.40. The first-order valence-corrected chi connectivity index (χ1v) is 6.25. The second kappa shape index (κ2) is 3.76. The fourth-order valence-corrected chi connectivity index (χ4v) is 2.28. The number of carbonyl (C=O) groups is 1. The van der Waals surface area contributed by atoms with Crippen LogP contribution in [0.5, 0.6) is 5.75 Å². The van der Waals surface area contributed by atoms with Gasteiger partial charge in [-0.3, -0.25) is 4.79 Å². The first-order valence-electron chi connectivity index (χ1n) is 6.25. The van der Waals surface area contributed by atoms with Crippen LogP contribution in [0, 0.1) is 0 Å². The molecule has 0 aromatic heterocycles. The number of amides is 1. The number of fused-ring (bicyclic) bond motifs is 1. The van der Waals surface area contributed by atoms with Crippen LogP contribution < -0.4 is 9.64 Å². The molecule has 1 saturated carbocycles. The average Bonchev–Trinajstić information content (AvgIpc) is 3.12. The van der Waals surface area contributed by atoms with Crippen molar-refractivity contribution >= 4 is 11.6 Å². The summed E-state index contributed by atoms with van der Waals surface area (Å²) in [5.41, 5.74) is 2.21. The third-order valence-electron chi connectivity index (χ3n) is 3.44. The van der Waals surface area contributed by atoms with Crippen LogP contribution >= 0.6 is 0 Å². The van der Waals surface area contributed by atoms with Crippen LogP contribution in [0.2, 0.25) is 0 Å². The predicted octanol–water partition coefficient (Wildman–Crippen LogP) is 2.70. The molecule has 1 amide bonds. The molecular formula is C14H17NO2. The van der Waals surface area contributed by atoms with Gasteiger partial charge in [0.25, 0.3) is 5.91 Å². The maximum absolute atomic E-state index is 11.9. The lowest BCUT2D eigenvalue weighted by atomic mass is 10.0. The molecule has 1 heterocycles. The van der Waals surface area contributed by atoms with Crippen LogP contribution in [0.15, 0.2) is 18.2 Å². The summed E-state index contributed by atoms with van der Waals surface area (Å²) in [5.74, 6) is 1.44. The molecule has 3 nitrogen and oxygen atoms in total. The Bertz CT molecular complexity index is 463. The molecule has 1 aliphatic carbocycles. The van der Waals surface area contributed by atoms with E-state index in [1.54, 1.807) is 0 Å². The third-order valence-corrected chi connectivity index (χ3v) is 3.44. The minimum absolute atomic E-state index is 0.0947. The van der Waals surface area contributed by atoms with Crippen molar-refractivity contribution < 1.29 is 9.53 Å². The summed E-state index contributed by atoms with van der Waals surface area (Å²) in [6.45, 7) is 4.51. The Labute approximate surface area is 101 Å². The predicted molar refractivity (Wildman–Crippen MR) is 66.5 cm³/mol. The zero-order valence-corrected chi connectivity index (χ0v) is 10.3. The van der Waals surface area contributed by atoms with Gasteiger partial charge in [0.15, 0.2) is 6.61 Å². The van der Waals surface area contributed by atoms with Crippen molar-refractivity contribution in [1.29, 1.82) is 0 Å². The lowest BCUT2D eigenvalue weighted by Crippen LogP contribution is -2.40. The fraction of sp³-hybridized carbons (Fsp3) is 0.500. The van der Waals surface area contributed by atoms with Gasteiger partial charge < -0.3 is 9.64 Å². The van der Waals surface area contributed by atoms with Gasteiger partial charge in [0.1, 0.15) is 5.75 Å². The molecule has 0 unspecified atom stereocenters. The van der Waals surface area contributed by atoms with E-state index >= 15 is 0 Å². The number of hydrogen-bond acceptors (Lipinski definition) is 2. The lowest BCUT2D eigenvalue weighted by Gasteiger charge is -2.30. The van der Waals surface area contributed by atoms with Gasteiger partial charge in [0.05, 0.1) is 5.69 Å². The van der Waals surface area contributed by atoms with Crippen molar-refractivity contribution in [3.05, 3.63) is 23.8 Å². The molecule has 1 fully saturated rings. The Hall–Kier alpha value is -1.51. The van der Waals surface area contributed by atoms with Gasteiger partial charge in [0.2, 0.25) is 0 Å². The number of anilines is 1. The van der Waals surface area contributed by atoms with Crippen LogP contribution in [0.1, 0.15) is 38.2 Å². The van der Waals surface area contributed by atoms with E-state index in [9.17, 15) is 4.79 Å². The molecule has 1 aromatic rings. The van der Waals surface area contributed by atoms with Crippen LogP contribution in [0.4, 0.5) is 5.69 Å². The van der Waals surface area contributed by atoms with Crippen LogP contribution in [-0.2, 0) is 4.79 Å². The summed E-state index contributed by atoms with van der Waals surface area (Å²) in [6.07, 6.45) is 2.24. The summed E-state index contributed by atoms with van der Waals surface area (Å²) >= 11 is 0. The zero-order chi connectivity index (χ0) is 12.0. The highest BCUT2D eigenvalue weighted by molar-refractivity contribution is 5.98. The second-order valence-corrected chi connectivity index (χ2v) is 5.17. The van der Waals surface area contributed by atoms with Gasteiger partial charge in [-0.05, 0) is 36.5 Å². The second-order valence-electron chi connectivity index (χ2n) is 5.17. The van der Waals surface area contributed by atoms with E-state index in [0.29, 0.717) is 12.0 Å². The Kier molecular flexibility index (Phi) is 2.35. The van der Waals surface area contributed by atoms with E-state index < -0.39 is 0 Å². The summed E-state index contributed by atoms with van der Waals surface area (Å²) in [7, 11) is 0. The van der Waals surface area contributed by atoms with E-state index in [4.69, 9.17) is 4.74 Å². The molecule has 90 valence electrons. The molecule has 2 aliphatic rings. The smallest absolute Gasteiger partial charge is 0.265 e. The molecule has 3 heteroatoms. The van der Waals surface area contributed by atoms with Crippen molar-refractivity contribution in [2.75, 3.05) is 11.5 Å². The van der Waals surface area contributed by atoms with Crippen molar-refractivity contribution in [3.8, 4) is 5.75 Å². The molecule has 0 N–H and O–H groups in total. The number of nitrogens with zero attached hydrogens (tertiary/aromatic N) is 1. The van der Waals surface area contributed by atoms with Crippen molar-refractivity contribution in [1.82, 2.24) is 0 Å². The minimum Gasteiger partial charge on any atom is -0.482 e. The average molecular weight is 231 g/mol. The van der Waals surface area contributed by atoms with Gasteiger partial charge in [-0.2, -0.15) is 0 Å². The van der Waals surface area contributed by atoms with Gasteiger partial charge in [-0.1, -0.05) is 19.9 Å². The Morgan fingerprint density at radius 3 is 2.76 bits per heavy atom. The monoisotopic (exact) mass is 231 g/mol. The van der Waals surface area contributed by atoms with Crippen LogP contribution in [0.3, 0.4) is 0 Å². The number of carbonyl (C=O) groups excluding carboxylic acids is 1. The van der Waals surface area contributed by atoms with E-state index in [1.807, 2.05) is 11.0 Å². The fourth-order valence-electron chi connectivity index (χ4n) is 2.28. The first kappa shape index (κ1) is 10.6. The highest BCUT2D eigenvalue weighted by atomic mass is 16.5. The van der Waals surface area contributed by atoms with Gasteiger partial charge in [-0.25, -0.2) is 0 Å². The molecule has 0 spiro atoms. The quantitative estimate of drug-likeness (QED) is 0.783. The molecular weight excluding hydrogens is 214 g/mol. The van der Waals surface area contributed by atoms with E-state index in [-0.39, 0.29) is 12.5 Å². The lowest BCUT2D eigenvalue weighted by molar-refractivity contribution is -0.121. The van der Waals surface area contributed by atoms with Gasteiger partial charge in [0, 0.05) is 6.04 Å². The first-order chi connectivity index (χ1) is 8.16. The third kappa shape index (κ3) is 1.79. The van der Waals surface area contributed by atoms with Crippen molar-refractivity contribution in [2.24, 2.45) is 0 Å². The van der Waals surface area contributed by atoms with Gasteiger partial charge >= 0.3 is 0 Å². The Morgan fingerprint density at radius 2 is 2.12 bits per heavy atom. The molecule has 3 rings (SSSR count). The molecule has 17 heavy (non-hydrogen) atoms. The van der Waals surface area contributed by atoms with Crippen molar-refractivity contribution in [3.63, 3.8) is 0 Å². The summed E-state index contributed by atoms with van der Waals surface area (Å²) < 4.78 is 5.54. The minimum atomic E-state index is 0.0947. The Balaban J connectivity index is 2.01. The zero-order valence-electron chi connectivity index (χ0n) is 10.3. The van der Waals surface area contributed by atoms with E-state index in [1.165, 1.54) is 5.56 Å². The molecule has 0 radical (unpaired) electrons. The van der Waals surface area contributed by atoms with E-state index in [0.717, 1.165) is 24.3 Å². The maximum atomic E-state index is 11.9. The Morgan fingerprint density at radius 1 is 1.35 bits per heavy atom. The SMILES string of the molecule is CC(C)c1ccc2c(c1)OCC(=O)N2C1CC1. The van der Waals surface area contributed by atoms with Crippen LogP contribution in [-0.4, -0.2) is 18.6 Å². The highest BCUT2D eigenvalue weighted by Gasteiger charge is 2.37. The standard InChI is InChI=1S/C14H17NO2/c1-9(2)10-3-6-12-13(7-10)17-8-14(16)15(12)11-4-5-11/h3,6-7,9,11H,4-5,8H2,1-2H3. The summed E-state index contributed by atoms with van der Waals surface area (Å²) in [6, 6.07) is 6.61. The van der Waals surface area contributed by atoms with Crippen molar-refractivity contribution in [2.45, 2.75) is 38.6 Å². The molecule has 1 aliphatic heterocycles. The summed E-state index contributed by atoms with van der Waals surface area (Å²) in [5, 5.41) is 0. The van der Waals surface area contributed by atoms with Crippen LogP contribution in [0.25, 0.3) is 0 Å². The molecule has 1 aromatic carbocycles. The summed E-state index contributed by atoms with van der Waals surface area (Å²) in [4.78, 5) is 13.8. The molecule has 0 saturated heterocycles. The largest absolute Gasteiger partial charge is 0.482 e. The molecule has 0 atom stereocenters. The number of benzene rings is 1. The molecule has 0 bridgehead atoms. The topological polar surface area (TPSA) is 29.5 Å². The normalized spacial score (nSPS) is 19.2. The van der Waals surface area contributed by atoms with E-state index in [2.05, 4.69) is 26.0 Å². The van der Waals surface area contributed by atoms with Gasteiger partial charge in [-0.15, -0.1) is 0 Å². The number of rotatable bonds is 2. The maximum Gasteiger partial charge on any atom is 0.265 e. The number of hydrogen-bond donors (Lipinski definition) is 0.